The Balaban J connectivity index is 2.27. The van der Waals surface area contributed by atoms with E-state index in [4.69, 9.17) is 5.73 Å². The van der Waals surface area contributed by atoms with Crippen molar-refractivity contribution in [2.45, 2.75) is 46.1 Å². The first kappa shape index (κ1) is 17.9. The molecule has 0 aliphatic rings. The lowest BCUT2D eigenvalue weighted by molar-refractivity contribution is -0.666. The van der Waals surface area contributed by atoms with E-state index in [9.17, 15) is 10.1 Å². The van der Waals surface area contributed by atoms with E-state index in [1.807, 2.05) is 10.6 Å². The van der Waals surface area contributed by atoms with Crippen molar-refractivity contribution < 1.29 is 4.57 Å². The summed E-state index contributed by atoms with van der Waals surface area (Å²) in [6.45, 7) is 4.99. The first-order valence-corrected chi connectivity index (χ1v) is 9.14. The second kappa shape index (κ2) is 7.52. The van der Waals surface area contributed by atoms with Gasteiger partial charge in [0.25, 0.3) is 11.2 Å². The number of unbranched alkanes of at least 4 members (excludes halogenated alkanes) is 1. The zero-order valence-corrected chi connectivity index (χ0v) is 15.3. The first-order valence-electron chi connectivity index (χ1n) is 9.14. The summed E-state index contributed by atoms with van der Waals surface area (Å²) in [6, 6.07) is 9.11. The molecule has 6 nitrogen and oxygen atoms in total. The number of hydrogen-bond acceptors (Lipinski definition) is 4. The van der Waals surface area contributed by atoms with Gasteiger partial charge in [0.1, 0.15) is 17.0 Å². The van der Waals surface area contributed by atoms with Crippen LogP contribution in [0.4, 0.5) is 5.82 Å². The highest BCUT2D eigenvalue weighted by molar-refractivity contribution is 5.76. The number of fused-ring (bicyclic) bond motifs is 2. The van der Waals surface area contributed by atoms with Crippen LogP contribution < -0.4 is 15.9 Å². The molecule has 3 rings (SSSR count). The Bertz CT molecular complexity index is 1050. The van der Waals surface area contributed by atoms with Gasteiger partial charge in [-0.05, 0) is 30.5 Å². The molecule has 0 saturated heterocycles. The number of nitrogens with two attached hydrogens (primary N) is 1. The largest absolute Gasteiger partial charge is 0.317 e. The van der Waals surface area contributed by atoms with Crippen LogP contribution in [0.15, 0.2) is 35.3 Å². The second-order valence-electron chi connectivity index (χ2n) is 6.67. The highest BCUT2D eigenvalue weighted by Gasteiger charge is 2.22. The van der Waals surface area contributed by atoms with Gasteiger partial charge in [0.15, 0.2) is 0 Å². The van der Waals surface area contributed by atoms with Crippen molar-refractivity contribution in [1.29, 1.82) is 5.26 Å². The van der Waals surface area contributed by atoms with E-state index in [2.05, 4.69) is 24.9 Å². The minimum atomic E-state index is -0.183. The molecule has 3 heterocycles. The summed E-state index contributed by atoms with van der Waals surface area (Å²) < 4.78 is 3.35. The molecule has 0 aromatic carbocycles. The monoisotopic (exact) mass is 350 g/mol. The SMILES string of the molecule is CCCC[C@@H](CC)C[n+]1c(N)c(C#N)cc2c(=O)n3ccccc3nc21. The molecule has 0 bridgehead atoms. The molecule has 26 heavy (non-hydrogen) atoms. The summed E-state index contributed by atoms with van der Waals surface area (Å²) in [6.07, 6.45) is 6.07. The molecule has 3 aromatic heterocycles. The van der Waals surface area contributed by atoms with Gasteiger partial charge in [-0.15, -0.1) is 0 Å². The number of nitriles is 1. The number of hydrogen-bond donors (Lipinski definition) is 1. The minimum absolute atomic E-state index is 0.183. The Labute approximate surface area is 152 Å². The predicted molar refractivity (Wildman–Crippen MR) is 102 cm³/mol. The average molecular weight is 350 g/mol. The molecule has 0 unspecified atom stereocenters. The van der Waals surface area contributed by atoms with E-state index < -0.39 is 0 Å². The van der Waals surface area contributed by atoms with Gasteiger partial charge < -0.3 is 5.73 Å². The van der Waals surface area contributed by atoms with Gasteiger partial charge in [0.2, 0.25) is 11.5 Å². The van der Waals surface area contributed by atoms with Gasteiger partial charge in [-0.1, -0.05) is 44.2 Å². The summed E-state index contributed by atoms with van der Waals surface area (Å²) in [5.74, 6) is 0.803. The molecule has 1 atom stereocenters. The third-order valence-electron chi connectivity index (χ3n) is 4.96. The zero-order chi connectivity index (χ0) is 18.7. The number of nitrogen functional groups attached to an aromatic ring is 1. The minimum Gasteiger partial charge on any atom is -0.317 e. The van der Waals surface area contributed by atoms with Gasteiger partial charge in [-0.25, -0.2) is 4.57 Å². The Morgan fingerprint density at radius 2 is 2.19 bits per heavy atom. The maximum atomic E-state index is 12.9. The fourth-order valence-corrected chi connectivity index (χ4v) is 3.35. The van der Waals surface area contributed by atoms with Crippen molar-refractivity contribution in [2.24, 2.45) is 5.92 Å². The lowest BCUT2D eigenvalue weighted by Crippen LogP contribution is -2.43. The molecule has 0 aliphatic heterocycles. The van der Waals surface area contributed by atoms with Crippen molar-refractivity contribution >= 4 is 22.5 Å². The summed E-state index contributed by atoms with van der Waals surface area (Å²) in [5, 5.41) is 9.89. The fourth-order valence-electron chi connectivity index (χ4n) is 3.35. The first-order chi connectivity index (χ1) is 12.6. The zero-order valence-electron chi connectivity index (χ0n) is 15.3. The van der Waals surface area contributed by atoms with Crippen LogP contribution >= 0.6 is 0 Å². The third-order valence-corrected chi connectivity index (χ3v) is 4.96. The normalized spacial score (nSPS) is 12.3. The lowest BCUT2D eigenvalue weighted by Gasteiger charge is -2.16. The predicted octanol–water partition coefficient (Wildman–Crippen LogP) is 2.81. The van der Waals surface area contributed by atoms with E-state index in [-0.39, 0.29) is 5.56 Å². The number of rotatable bonds is 6. The van der Waals surface area contributed by atoms with Gasteiger partial charge >= 0.3 is 0 Å². The molecule has 0 aliphatic carbocycles. The smallest absolute Gasteiger partial charge is 0.278 e. The van der Waals surface area contributed by atoms with Gasteiger partial charge in [-0.2, -0.15) is 5.26 Å². The van der Waals surface area contributed by atoms with Crippen LogP contribution in [0.25, 0.3) is 16.7 Å². The van der Waals surface area contributed by atoms with E-state index >= 15 is 0 Å². The Kier molecular flexibility index (Phi) is 5.17. The summed E-state index contributed by atoms with van der Waals surface area (Å²) in [5.41, 5.74) is 7.53. The lowest BCUT2D eigenvalue weighted by atomic mass is 9.99. The number of pyridine rings is 2. The Morgan fingerprint density at radius 3 is 2.88 bits per heavy atom. The number of aromatic nitrogens is 3. The molecule has 3 aromatic rings. The van der Waals surface area contributed by atoms with Crippen LogP contribution in [-0.4, -0.2) is 9.38 Å². The van der Waals surface area contributed by atoms with Gasteiger partial charge in [0, 0.05) is 6.20 Å². The van der Waals surface area contributed by atoms with Gasteiger partial charge in [0.05, 0.1) is 6.54 Å². The second-order valence-corrected chi connectivity index (χ2v) is 6.67. The summed E-state index contributed by atoms with van der Waals surface area (Å²) in [4.78, 5) is 17.6. The molecule has 0 amide bonds. The average Bonchev–Trinajstić information content (AvgIpc) is 2.67. The van der Waals surface area contributed by atoms with E-state index in [1.54, 1.807) is 24.4 Å². The van der Waals surface area contributed by atoms with Crippen molar-refractivity contribution in [3.8, 4) is 6.07 Å². The van der Waals surface area contributed by atoms with Crippen LogP contribution in [0.3, 0.4) is 0 Å². The maximum Gasteiger partial charge on any atom is 0.278 e. The number of anilines is 1. The molecular formula is C20H24N5O+. The molecule has 0 spiro atoms. The molecule has 6 heteroatoms. The van der Waals surface area contributed by atoms with Crippen LogP contribution in [0, 0.1) is 17.2 Å². The van der Waals surface area contributed by atoms with Gasteiger partial charge in [-0.3, -0.25) is 9.20 Å². The standard InChI is InChI=1S/C20H23N5O/c1-3-5-8-14(4-2)13-25-18(22)15(12-21)11-16-19(25)23-17-9-6-7-10-24(17)20(16)26/h6-7,9-11,14,22H,3-5,8,13H2,1-2H3/p+1/t14-/m1/s1. The topological polar surface area (TPSA) is 88.1 Å². The van der Waals surface area contributed by atoms with E-state index in [0.29, 0.717) is 40.5 Å². The fraction of sp³-hybridized carbons (Fsp3) is 0.400. The van der Waals surface area contributed by atoms with Crippen molar-refractivity contribution in [1.82, 2.24) is 9.38 Å². The summed E-state index contributed by atoms with van der Waals surface area (Å²) in [7, 11) is 0. The highest BCUT2D eigenvalue weighted by Crippen LogP contribution is 2.18. The van der Waals surface area contributed by atoms with Crippen LogP contribution in [0.2, 0.25) is 0 Å². The third kappa shape index (κ3) is 3.13. The van der Waals surface area contributed by atoms with Crippen molar-refractivity contribution in [3.63, 3.8) is 0 Å². The van der Waals surface area contributed by atoms with Crippen LogP contribution in [0.1, 0.15) is 45.1 Å². The molecule has 0 saturated carbocycles. The molecule has 0 fully saturated rings. The van der Waals surface area contributed by atoms with Crippen molar-refractivity contribution in [2.75, 3.05) is 5.73 Å². The van der Waals surface area contributed by atoms with Crippen LogP contribution in [-0.2, 0) is 6.54 Å². The van der Waals surface area contributed by atoms with Crippen LogP contribution in [0.5, 0.6) is 0 Å². The molecule has 134 valence electrons. The Hall–Kier alpha value is -2.94. The molecule has 0 radical (unpaired) electrons. The quantitative estimate of drug-likeness (QED) is 0.547. The highest BCUT2D eigenvalue weighted by atomic mass is 16.1. The Morgan fingerprint density at radius 1 is 1.38 bits per heavy atom. The number of nitrogens with zero attached hydrogens (tertiary/aromatic N) is 4. The van der Waals surface area contributed by atoms with E-state index in [1.165, 1.54) is 4.40 Å². The van der Waals surface area contributed by atoms with Crippen molar-refractivity contribution in [3.05, 3.63) is 46.4 Å². The maximum absolute atomic E-state index is 12.9. The molecule has 2 N–H and O–H groups in total. The molecular weight excluding hydrogens is 326 g/mol. The summed E-state index contributed by atoms with van der Waals surface area (Å²) >= 11 is 0. The van der Waals surface area contributed by atoms with E-state index in [0.717, 1.165) is 25.7 Å².